The number of aromatic nitrogens is 1. The van der Waals surface area contributed by atoms with E-state index in [1.54, 1.807) is 35.7 Å². The molecule has 2 aromatic carbocycles. The van der Waals surface area contributed by atoms with Crippen molar-refractivity contribution in [1.82, 2.24) is 4.98 Å². The van der Waals surface area contributed by atoms with E-state index in [1.165, 1.54) is 35.7 Å². The Kier molecular flexibility index (Phi) is 6.87. The second-order valence-electron chi connectivity index (χ2n) is 5.82. The number of benzene rings is 2. The van der Waals surface area contributed by atoms with Gasteiger partial charge in [0.05, 0.1) is 11.4 Å². The Labute approximate surface area is 184 Å². The third kappa shape index (κ3) is 5.25. The molecule has 0 saturated carbocycles. The molecule has 0 fully saturated rings. The van der Waals surface area contributed by atoms with Crippen molar-refractivity contribution >= 4 is 45.8 Å². The summed E-state index contributed by atoms with van der Waals surface area (Å²) in [6.45, 7) is 0. The number of hydrogen-bond donors (Lipinski definition) is 1. The summed E-state index contributed by atoms with van der Waals surface area (Å²) in [4.78, 5) is 4.43. The van der Waals surface area contributed by atoms with Crippen LogP contribution in [0, 0.1) is 11.3 Å². The lowest BCUT2D eigenvalue weighted by Gasteiger charge is -2.19. The lowest BCUT2D eigenvalue weighted by molar-refractivity contribution is -0.198. The number of halogens is 5. The molecule has 0 aliphatic carbocycles. The van der Waals surface area contributed by atoms with Crippen LogP contribution in [0.2, 0.25) is 5.02 Å². The predicted molar refractivity (Wildman–Crippen MR) is 113 cm³/mol. The van der Waals surface area contributed by atoms with E-state index in [4.69, 9.17) is 23.2 Å². The summed E-state index contributed by atoms with van der Waals surface area (Å²) in [5, 5.41) is 15.0. The first-order chi connectivity index (χ1) is 14.3. The molecule has 0 aliphatic rings. The van der Waals surface area contributed by atoms with Crippen LogP contribution in [-0.2, 0) is 0 Å². The second-order valence-corrected chi connectivity index (χ2v) is 7.50. The number of rotatable bonds is 7. The molecule has 1 N–H and O–H groups in total. The maximum absolute atomic E-state index is 13.5. The van der Waals surface area contributed by atoms with Gasteiger partial charge in [0.1, 0.15) is 22.4 Å². The molecule has 0 radical (unpaired) electrons. The molecule has 154 valence electrons. The zero-order valence-electron chi connectivity index (χ0n) is 15.0. The summed E-state index contributed by atoms with van der Waals surface area (Å²) >= 11 is 12.0. The molecule has 1 heterocycles. The molecule has 10 heteroatoms. The van der Waals surface area contributed by atoms with Crippen molar-refractivity contribution in [2.75, 3.05) is 5.32 Å². The van der Waals surface area contributed by atoms with Gasteiger partial charge in [-0.15, -0.1) is 11.3 Å². The van der Waals surface area contributed by atoms with E-state index in [0.717, 1.165) is 5.56 Å². The minimum atomic E-state index is -4.22. The monoisotopic (exact) mass is 469 g/mol. The minimum Gasteiger partial charge on any atom is -0.427 e. The van der Waals surface area contributed by atoms with Gasteiger partial charge < -0.3 is 10.1 Å². The van der Waals surface area contributed by atoms with Crippen molar-refractivity contribution < 1.29 is 17.9 Å². The van der Waals surface area contributed by atoms with Gasteiger partial charge in [-0.3, -0.25) is 0 Å². The van der Waals surface area contributed by atoms with Gasteiger partial charge in [-0.1, -0.05) is 47.5 Å². The fourth-order valence-corrected chi connectivity index (χ4v) is 3.27. The number of thiazole rings is 1. The highest BCUT2D eigenvalue weighted by Crippen LogP contribution is 2.34. The van der Waals surface area contributed by atoms with Crippen LogP contribution in [0.3, 0.4) is 0 Å². The summed E-state index contributed by atoms with van der Waals surface area (Å²) in [6.07, 6.45) is -2.91. The van der Waals surface area contributed by atoms with E-state index >= 15 is 0 Å². The summed E-state index contributed by atoms with van der Waals surface area (Å²) < 4.78 is 44.2. The van der Waals surface area contributed by atoms with Crippen LogP contribution in [0.4, 0.5) is 18.9 Å². The van der Waals surface area contributed by atoms with E-state index in [0.29, 0.717) is 15.7 Å². The first kappa shape index (κ1) is 22.0. The van der Waals surface area contributed by atoms with Crippen molar-refractivity contribution in [2.45, 2.75) is 11.7 Å². The molecule has 1 atom stereocenters. The van der Waals surface area contributed by atoms with Gasteiger partial charge >= 0.3 is 6.11 Å². The molecule has 1 unspecified atom stereocenters. The Morgan fingerprint density at radius 2 is 1.93 bits per heavy atom. The molecule has 0 bridgehead atoms. The molecule has 3 aromatic rings. The van der Waals surface area contributed by atoms with Crippen LogP contribution in [0.5, 0.6) is 5.75 Å². The van der Waals surface area contributed by atoms with Crippen molar-refractivity contribution in [1.29, 1.82) is 5.26 Å². The van der Waals surface area contributed by atoms with Gasteiger partial charge in [0.2, 0.25) is 0 Å². The summed E-state index contributed by atoms with van der Waals surface area (Å²) in [5.74, 6) is -0.333. The van der Waals surface area contributed by atoms with Gasteiger partial charge in [0.15, 0.2) is 0 Å². The topological polar surface area (TPSA) is 57.9 Å². The molecular formula is C20H12Cl2F3N3OS. The molecule has 0 spiro atoms. The molecule has 3 rings (SSSR count). The summed E-state index contributed by atoms with van der Waals surface area (Å²) in [5.41, 5.74) is -1.26. The average molecular weight is 470 g/mol. The molecule has 0 amide bonds. The Bertz CT molecular complexity index is 1100. The molecular weight excluding hydrogens is 458 g/mol. The zero-order valence-corrected chi connectivity index (χ0v) is 17.3. The van der Waals surface area contributed by atoms with Crippen molar-refractivity contribution in [3.8, 4) is 23.1 Å². The standard InChI is InChI=1S/C20H12Cl2F3N3OS/c21-14-7-5-12(6-8-14)16-11-30-18(28-16)13(9-26)10-27-15-3-1-2-4-17(15)29-20(24,25)19(22)23/h1-8,10-11,19,27H/b13-10+. The van der Waals surface area contributed by atoms with E-state index in [2.05, 4.69) is 15.0 Å². The van der Waals surface area contributed by atoms with Crippen LogP contribution in [-0.4, -0.2) is 16.7 Å². The summed E-state index contributed by atoms with van der Waals surface area (Å²) in [7, 11) is 0. The number of para-hydroxylation sites is 2. The fraction of sp³-hybridized carbons (Fsp3) is 0.100. The Hall–Kier alpha value is -2.73. The molecule has 1 aromatic heterocycles. The summed E-state index contributed by atoms with van der Waals surface area (Å²) in [6, 6.07) is 14.7. The predicted octanol–water partition coefficient (Wildman–Crippen LogP) is 6.95. The van der Waals surface area contributed by atoms with Crippen LogP contribution in [0.25, 0.3) is 16.8 Å². The quantitative estimate of drug-likeness (QED) is 0.300. The van der Waals surface area contributed by atoms with Gasteiger partial charge in [-0.05, 0) is 24.3 Å². The highest BCUT2D eigenvalue weighted by molar-refractivity contribution is 7.11. The third-order valence-corrected chi connectivity index (χ3v) is 5.14. The lowest BCUT2D eigenvalue weighted by atomic mass is 10.2. The van der Waals surface area contributed by atoms with Crippen molar-refractivity contribution in [3.63, 3.8) is 0 Å². The number of allylic oxidation sites excluding steroid dienone is 1. The molecule has 4 nitrogen and oxygen atoms in total. The smallest absolute Gasteiger partial charge is 0.427 e. The average Bonchev–Trinajstić information content (AvgIpc) is 3.20. The van der Waals surface area contributed by atoms with Crippen molar-refractivity contribution in [3.05, 3.63) is 70.1 Å². The van der Waals surface area contributed by atoms with Gasteiger partial charge in [-0.25, -0.2) is 9.37 Å². The van der Waals surface area contributed by atoms with E-state index in [-0.39, 0.29) is 17.0 Å². The Morgan fingerprint density at radius 1 is 1.23 bits per heavy atom. The van der Waals surface area contributed by atoms with Gasteiger partial charge in [0.25, 0.3) is 5.63 Å². The number of nitrogens with zero attached hydrogens (tertiary/aromatic N) is 2. The second kappa shape index (κ2) is 9.39. The van der Waals surface area contributed by atoms with Crippen LogP contribution in [0.1, 0.15) is 5.01 Å². The highest BCUT2D eigenvalue weighted by atomic mass is 35.5. The number of anilines is 1. The number of ether oxygens (including phenoxy) is 1. The highest BCUT2D eigenvalue weighted by Gasteiger charge is 2.42. The fourth-order valence-electron chi connectivity index (χ4n) is 2.31. The lowest BCUT2D eigenvalue weighted by Crippen LogP contribution is -2.33. The van der Waals surface area contributed by atoms with E-state index in [1.807, 2.05) is 6.07 Å². The normalized spacial score (nSPS) is 12.9. The van der Waals surface area contributed by atoms with Crippen LogP contribution >= 0.6 is 34.5 Å². The first-order valence-electron chi connectivity index (χ1n) is 8.33. The van der Waals surface area contributed by atoms with E-state index in [9.17, 15) is 18.4 Å². The molecule has 0 saturated heterocycles. The Balaban J connectivity index is 1.82. The number of hydrogen-bond acceptors (Lipinski definition) is 5. The molecule has 30 heavy (non-hydrogen) atoms. The van der Waals surface area contributed by atoms with Crippen LogP contribution < -0.4 is 10.1 Å². The van der Waals surface area contributed by atoms with Gasteiger partial charge in [-0.2, -0.15) is 14.0 Å². The van der Waals surface area contributed by atoms with Crippen molar-refractivity contribution in [2.24, 2.45) is 0 Å². The molecule has 0 aliphatic heterocycles. The largest absolute Gasteiger partial charge is 0.444 e. The maximum atomic E-state index is 13.5. The minimum absolute atomic E-state index is 0.0942. The number of nitrogens with one attached hydrogen (secondary N) is 1. The number of nitriles is 1. The zero-order chi connectivity index (χ0) is 21.7. The van der Waals surface area contributed by atoms with Crippen LogP contribution in [0.15, 0.2) is 60.1 Å². The third-order valence-electron chi connectivity index (χ3n) is 3.75. The van der Waals surface area contributed by atoms with E-state index < -0.39 is 11.7 Å². The Morgan fingerprint density at radius 3 is 2.60 bits per heavy atom. The SMILES string of the molecule is N#C/C(=C\Nc1ccccc1OC(F)(F)C(F)Cl)c1nc(-c2ccc(Cl)cc2)cs1. The van der Waals surface area contributed by atoms with Gasteiger partial charge in [0, 0.05) is 22.2 Å². The maximum Gasteiger partial charge on any atom is 0.444 e. The first-order valence-corrected chi connectivity index (χ1v) is 10.0. The number of alkyl halides is 4.